The fourth-order valence-corrected chi connectivity index (χ4v) is 2.02. The van der Waals surface area contributed by atoms with Crippen molar-refractivity contribution in [2.45, 2.75) is 25.9 Å². The smallest absolute Gasteiger partial charge is 0.133 e. The zero-order chi connectivity index (χ0) is 12.1. The summed E-state index contributed by atoms with van der Waals surface area (Å²) in [5.74, 6) is 1.81. The van der Waals surface area contributed by atoms with Crippen molar-refractivity contribution in [3.05, 3.63) is 12.4 Å². The van der Waals surface area contributed by atoms with E-state index in [4.69, 9.17) is 4.74 Å². The summed E-state index contributed by atoms with van der Waals surface area (Å²) < 4.78 is 5.62. The van der Waals surface area contributed by atoms with Crippen LogP contribution in [0.4, 0.5) is 11.6 Å². The molecule has 5 nitrogen and oxygen atoms in total. The number of likely N-dealkylation sites (N-methyl/N-ethyl adjacent to an activating group) is 1. The number of hydrogen-bond acceptors (Lipinski definition) is 5. The number of aromatic nitrogens is 2. The Kier molecular flexibility index (Phi) is 4.14. The van der Waals surface area contributed by atoms with Gasteiger partial charge in [-0.25, -0.2) is 9.97 Å². The van der Waals surface area contributed by atoms with E-state index in [1.54, 1.807) is 6.33 Å². The normalized spacial score (nSPS) is 19.3. The minimum absolute atomic E-state index is 0.345. The first kappa shape index (κ1) is 12.1. The Labute approximate surface area is 102 Å². The second kappa shape index (κ2) is 5.82. The van der Waals surface area contributed by atoms with Gasteiger partial charge >= 0.3 is 0 Å². The zero-order valence-electron chi connectivity index (χ0n) is 10.5. The van der Waals surface area contributed by atoms with Gasteiger partial charge in [-0.3, -0.25) is 0 Å². The lowest BCUT2D eigenvalue weighted by Gasteiger charge is -2.21. The molecule has 1 saturated heterocycles. The van der Waals surface area contributed by atoms with E-state index in [0.29, 0.717) is 6.10 Å². The quantitative estimate of drug-likeness (QED) is 0.840. The van der Waals surface area contributed by atoms with Gasteiger partial charge in [0.2, 0.25) is 0 Å². The molecule has 0 saturated carbocycles. The molecule has 1 aromatic heterocycles. The first-order valence-electron chi connectivity index (χ1n) is 6.18. The predicted molar refractivity (Wildman–Crippen MR) is 68.4 cm³/mol. The highest BCUT2D eigenvalue weighted by Crippen LogP contribution is 2.17. The summed E-state index contributed by atoms with van der Waals surface area (Å²) in [6, 6.07) is 1.97. The first-order chi connectivity index (χ1) is 8.29. The van der Waals surface area contributed by atoms with Crippen LogP contribution in [0.1, 0.15) is 19.8 Å². The molecule has 1 fully saturated rings. The lowest BCUT2D eigenvalue weighted by atomic mass is 10.2. The van der Waals surface area contributed by atoms with Crippen LogP contribution in [0, 0.1) is 0 Å². The van der Waals surface area contributed by atoms with Gasteiger partial charge in [0.05, 0.1) is 6.10 Å². The predicted octanol–water partition coefficient (Wildman–Crippen LogP) is 1.52. The molecule has 94 valence electrons. The van der Waals surface area contributed by atoms with Gasteiger partial charge in [-0.1, -0.05) is 0 Å². The van der Waals surface area contributed by atoms with E-state index >= 15 is 0 Å². The molecule has 2 rings (SSSR count). The van der Waals surface area contributed by atoms with Gasteiger partial charge in [0.15, 0.2) is 0 Å². The lowest BCUT2D eigenvalue weighted by Crippen LogP contribution is -2.29. The molecule has 0 amide bonds. The average molecular weight is 236 g/mol. The van der Waals surface area contributed by atoms with Crippen molar-refractivity contribution in [2.75, 3.05) is 37.0 Å². The lowest BCUT2D eigenvalue weighted by molar-refractivity contribution is 0.116. The summed E-state index contributed by atoms with van der Waals surface area (Å²) in [4.78, 5) is 10.6. The molecule has 0 aromatic carbocycles. The first-order valence-corrected chi connectivity index (χ1v) is 6.18. The second-order valence-corrected chi connectivity index (χ2v) is 4.31. The van der Waals surface area contributed by atoms with Gasteiger partial charge in [-0.2, -0.15) is 0 Å². The molecule has 1 unspecified atom stereocenters. The number of rotatable bonds is 5. The summed E-state index contributed by atoms with van der Waals surface area (Å²) in [6.45, 7) is 4.71. The highest BCUT2D eigenvalue weighted by molar-refractivity contribution is 5.47. The fourth-order valence-electron chi connectivity index (χ4n) is 2.02. The highest BCUT2D eigenvalue weighted by atomic mass is 16.5. The van der Waals surface area contributed by atoms with Crippen molar-refractivity contribution in [2.24, 2.45) is 0 Å². The molecule has 5 heteroatoms. The monoisotopic (exact) mass is 236 g/mol. The Bertz CT molecular complexity index is 352. The molecule has 1 aliphatic rings. The van der Waals surface area contributed by atoms with Crippen molar-refractivity contribution < 1.29 is 4.74 Å². The van der Waals surface area contributed by atoms with Crippen molar-refractivity contribution in [3.8, 4) is 0 Å². The second-order valence-electron chi connectivity index (χ2n) is 4.31. The standard InChI is InChI=1S/C12H20N4O/c1-3-13-11-7-12(15-9-14-11)16(2)8-10-5-4-6-17-10/h7,9-10H,3-6,8H2,1-2H3,(H,13,14,15). The van der Waals surface area contributed by atoms with Crippen LogP contribution >= 0.6 is 0 Å². The summed E-state index contributed by atoms with van der Waals surface area (Å²) in [5, 5.41) is 3.19. The summed E-state index contributed by atoms with van der Waals surface area (Å²) in [5.41, 5.74) is 0. The maximum absolute atomic E-state index is 5.62. The Morgan fingerprint density at radius 3 is 3.12 bits per heavy atom. The van der Waals surface area contributed by atoms with E-state index in [9.17, 15) is 0 Å². The Morgan fingerprint density at radius 1 is 1.53 bits per heavy atom. The largest absolute Gasteiger partial charge is 0.376 e. The van der Waals surface area contributed by atoms with Crippen LogP contribution in [-0.2, 0) is 4.74 Å². The molecular weight excluding hydrogens is 216 g/mol. The molecule has 0 spiro atoms. The fraction of sp³-hybridized carbons (Fsp3) is 0.667. The Hall–Kier alpha value is -1.36. The van der Waals surface area contributed by atoms with Crippen molar-refractivity contribution in [3.63, 3.8) is 0 Å². The third-order valence-corrected chi connectivity index (χ3v) is 2.90. The van der Waals surface area contributed by atoms with Gasteiger partial charge in [0.25, 0.3) is 0 Å². The molecule has 1 aromatic rings. The third kappa shape index (κ3) is 3.30. The zero-order valence-corrected chi connectivity index (χ0v) is 10.5. The summed E-state index contributed by atoms with van der Waals surface area (Å²) >= 11 is 0. The van der Waals surface area contributed by atoms with Crippen LogP contribution in [0.25, 0.3) is 0 Å². The van der Waals surface area contributed by atoms with Crippen molar-refractivity contribution in [1.29, 1.82) is 0 Å². The van der Waals surface area contributed by atoms with Crippen molar-refractivity contribution in [1.82, 2.24) is 9.97 Å². The topological polar surface area (TPSA) is 50.3 Å². The van der Waals surface area contributed by atoms with Crippen molar-refractivity contribution >= 4 is 11.6 Å². The third-order valence-electron chi connectivity index (χ3n) is 2.90. The van der Waals surface area contributed by atoms with Gasteiger partial charge in [0, 0.05) is 32.8 Å². The number of nitrogens with zero attached hydrogens (tertiary/aromatic N) is 3. The maximum atomic E-state index is 5.62. The molecule has 1 atom stereocenters. The number of anilines is 2. The Balaban J connectivity index is 1.97. The molecule has 2 heterocycles. The van der Waals surface area contributed by atoms with E-state index in [1.165, 1.54) is 6.42 Å². The highest BCUT2D eigenvalue weighted by Gasteiger charge is 2.18. The summed E-state index contributed by atoms with van der Waals surface area (Å²) in [7, 11) is 2.04. The SMILES string of the molecule is CCNc1cc(N(C)CC2CCCO2)ncn1. The van der Waals surface area contributed by atoms with Gasteiger partial charge in [0.1, 0.15) is 18.0 Å². The van der Waals surface area contributed by atoms with Gasteiger partial charge in [-0.15, -0.1) is 0 Å². The molecule has 1 N–H and O–H groups in total. The Morgan fingerprint density at radius 2 is 2.41 bits per heavy atom. The van der Waals surface area contributed by atoms with Crippen LogP contribution < -0.4 is 10.2 Å². The average Bonchev–Trinajstić information content (AvgIpc) is 2.83. The number of nitrogens with one attached hydrogen (secondary N) is 1. The van der Waals surface area contributed by atoms with Crippen LogP contribution in [0.2, 0.25) is 0 Å². The minimum atomic E-state index is 0.345. The molecule has 0 bridgehead atoms. The van der Waals surface area contributed by atoms with Crippen LogP contribution in [-0.4, -0.2) is 42.8 Å². The molecule has 1 aliphatic heterocycles. The van der Waals surface area contributed by atoms with Gasteiger partial charge in [-0.05, 0) is 19.8 Å². The maximum Gasteiger partial charge on any atom is 0.133 e. The van der Waals surface area contributed by atoms with Crippen LogP contribution in [0.15, 0.2) is 12.4 Å². The van der Waals surface area contributed by atoms with Crippen LogP contribution in [0.3, 0.4) is 0 Å². The van der Waals surface area contributed by atoms with Crippen LogP contribution in [0.5, 0.6) is 0 Å². The van der Waals surface area contributed by atoms with E-state index < -0.39 is 0 Å². The van der Waals surface area contributed by atoms with Gasteiger partial charge < -0.3 is 15.0 Å². The molecule has 17 heavy (non-hydrogen) atoms. The number of hydrogen-bond donors (Lipinski definition) is 1. The summed E-state index contributed by atoms with van der Waals surface area (Å²) in [6.07, 6.45) is 4.26. The molecule has 0 radical (unpaired) electrons. The van der Waals surface area contributed by atoms with E-state index in [1.807, 2.05) is 13.1 Å². The van der Waals surface area contributed by atoms with E-state index in [0.717, 1.165) is 37.8 Å². The molecule has 0 aliphatic carbocycles. The van der Waals surface area contributed by atoms with E-state index in [-0.39, 0.29) is 0 Å². The van der Waals surface area contributed by atoms with E-state index in [2.05, 4.69) is 27.1 Å². The minimum Gasteiger partial charge on any atom is -0.376 e. The molecular formula is C12H20N4O. The number of ether oxygens (including phenoxy) is 1.